The Labute approximate surface area is 169 Å². The average Bonchev–Trinajstić information content (AvgIpc) is 3.13. The molecule has 0 fully saturated rings. The molecule has 0 aliphatic rings. The van der Waals surface area contributed by atoms with Crippen LogP contribution in [0.3, 0.4) is 0 Å². The highest BCUT2D eigenvalue weighted by Gasteiger charge is 2.13. The van der Waals surface area contributed by atoms with Crippen LogP contribution in [0.25, 0.3) is 32.3 Å². The molecule has 5 rings (SSSR count). The van der Waals surface area contributed by atoms with Gasteiger partial charge in [0.1, 0.15) is 0 Å². The van der Waals surface area contributed by atoms with Gasteiger partial charge >= 0.3 is 0 Å². The number of hydrogen-bond acceptors (Lipinski definition) is 1. The number of para-hydroxylation sites is 2. The van der Waals surface area contributed by atoms with Crippen molar-refractivity contribution in [1.29, 1.82) is 0 Å². The Morgan fingerprint density at radius 1 is 0.690 bits per heavy atom. The maximum atomic E-state index is 7.13. The molecule has 3 heteroatoms. The molecule has 0 saturated heterocycles. The van der Waals surface area contributed by atoms with Crippen molar-refractivity contribution in [3.8, 4) is 5.69 Å². The second kappa shape index (κ2) is 6.85. The summed E-state index contributed by atoms with van der Waals surface area (Å²) >= 11 is 0. The number of fused-ring (bicyclic) bond motifs is 3. The number of hydrogen-bond donors (Lipinski definition) is 0. The minimum Gasteiger partial charge on any atom is -0.345 e. The van der Waals surface area contributed by atoms with Crippen molar-refractivity contribution in [3.05, 3.63) is 108 Å². The first kappa shape index (κ1) is 17.1. The van der Waals surface area contributed by atoms with Crippen LogP contribution in [0, 0.1) is 6.57 Å². The van der Waals surface area contributed by atoms with Gasteiger partial charge in [0.25, 0.3) is 0 Å². The first-order valence-electron chi connectivity index (χ1n) is 9.56. The summed E-state index contributed by atoms with van der Waals surface area (Å²) in [6, 6.07) is 33.3. The number of rotatable bonds is 3. The van der Waals surface area contributed by atoms with Crippen molar-refractivity contribution in [1.82, 2.24) is 4.57 Å². The zero-order chi connectivity index (χ0) is 19.8. The van der Waals surface area contributed by atoms with Crippen LogP contribution in [-0.2, 0) is 0 Å². The lowest BCUT2D eigenvalue weighted by Gasteiger charge is -2.20. The highest BCUT2D eigenvalue weighted by molar-refractivity contribution is 6.10. The second-order valence-electron chi connectivity index (χ2n) is 7.08. The number of nitrogens with zero attached hydrogens (tertiary/aromatic N) is 3. The molecule has 0 aliphatic heterocycles. The van der Waals surface area contributed by atoms with E-state index in [-0.39, 0.29) is 0 Å². The standard InChI is InChI=1S/C26H19N3/c1-27-19-12-14-20(15-13-19)28(2)22-16-17-26-24(18-22)23-10-6-7-11-25(23)29(26)21-8-4-3-5-9-21/h3-18H,2H3. The minimum atomic E-state index is 0.656. The van der Waals surface area contributed by atoms with Crippen LogP contribution in [0.4, 0.5) is 17.1 Å². The summed E-state index contributed by atoms with van der Waals surface area (Å²) in [5, 5.41) is 2.47. The van der Waals surface area contributed by atoms with Gasteiger partial charge in [0.15, 0.2) is 5.69 Å². The Hall–Kier alpha value is -4.03. The van der Waals surface area contributed by atoms with E-state index in [0.29, 0.717) is 5.69 Å². The van der Waals surface area contributed by atoms with Crippen LogP contribution in [0.2, 0.25) is 0 Å². The molecule has 0 amide bonds. The van der Waals surface area contributed by atoms with Gasteiger partial charge in [0.2, 0.25) is 0 Å². The van der Waals surface area contributed by atoms with Gasteiger partial charge < -0.3 is 9.47 Å². The Bertz CT molecular complexity index is 1360. The van der Waals surface area contributed by atoms with Crippen LogP contribution in [0.5, 0.6) is 0 Å². The molecule has 0 saturated carbocycles. The van der Waals surface area contributed by atoms with E-state index in [0.717, 1.165) is 17.1 Å². The first-order chi connectivity index (χ1) is 14.3. The largest absolute Gasteiger partial charge is 0.345 e. The van der Waals surface area contributed by atoms with Crippen LogP contribution in [0.15, 0.2) is 97.1 Å². The van der Waals surface area contributed by atoms with Gasteiger partial charge in [-0.3, -0.25) is 0 Å². The Morgan fingerprint density at radius 2 is 1.34 bits per heavy atom. The fourth-order valence-electron chi connectivity index (χ4n) is 3.92. The third-order valence-corrected chi connectivity index (χ3v) is 5.42. The maximum absolute atomic E-state index is 7.13. The van der Waals surface area contributed by atoms with Gasteiger partial charge in [0.05, 0.1) is 17.6 Å². The molecule has 138 valence electrons. The van der Waals surface area contributed by atoms with Gasteiger partial charge in [-0.2, -0.15) is 0 Å². The van der Waals surface area contributed by atoms with Crippen molar-refractivity contribution in [2.75, 3.05) is 11.9 Å². The second-order valence-corrected chi connectivity index (χ2v) is 7.08. The van der Waals surface area contributed by atoms with Gasteiger partial charge in [0, 0.05) is 34.9 Å². The van der Waals surface area contributed by atoms with Crippen LogP contribution < -0.4 is 4.90 Å². The number of aromatic nitrogens is 1. The minimum absolute atomic E-state index is 0.656. The summed E-state index contributed by atoms with van der Waals surface area (Å²) in [4.78, 5) is 5.63. The fraction of sp³-hybridized carbons (Fsp3) is 0.0385. The summed E-state index contributed by atoms with van der Waals surface area (Å²) < 4.78 is 2.32. The van der Waals surface area contributed by atoms with Crippen molar-refractivity contribution < 1.29 is 0 Å². The summed E-state index contributed by atoms with van der Waals surface area (Å²) in [5.41, 5.74) is 6.39. The van der Waals surface area contributed by atoms with E-state index in [1.54, 1.807) is 0 Å². The molecule has 5 aromatic rings. The monoisotopic (exact) mass is 373 g/mol. The smallest absolute Gasteiger partial charge is 0.187 e. The molecule has 0 atom stereocenters. The van der Waals surface area contributed by atoms with Crippen LogP contribution in [0.1, 0.15) is 0 Å². The van der Waals surface area contributed by atoms with Gasteiger partial charge in [-0.1, -0.05) is 48.5 Å². The third-order valence-electron chi connectivity index (χ3n) is 5.42. The summed E-state index contributed by atoms with van der Waals surface area (Å²) in [7, 11) is 2.06. The molecule has 0 aliphatic carbocycles. The summed E-state index contributed by atoms with van der Waals surface area (Å²) in [5.74, 6) is 0. The molecule has 0 unspecified atom stereocenters. The quantitative estimate of drug-likeness (QED) is 0.307. The first-order valence-corrected chi connectivity index (χ1v) is 9.56. The maximum Gasteiger partial charge on any atom is 0.187 e. The topological polar surface area (TPSA) is 12.5 Å². The lowest BCUT2D eigenvalue weighted by molar-refractivity contribution is 1.17. The van der Waals surface area contributed by atoms with E-state index >= 15 is 0 Å². The Balaban J connectivity index is 1.69. The molecule has 0 spiro atoms. The molecule has 0 radical (unpaired) electrons. The van der Waals surface area contributed by atoms with E-state index in [1.807, 2.05) is 30.3 Å². The molecule has 0 bridgehead atoms. The van der Waals surface area contributed by atoms with Crippen LogP contribution >= 0.6 is 0 Å². The van der Waals surface area contributed by atoms with E-state index in [9.17, 15) is 0 Å². The average molecular weight is 373 g/mol. The molecular formula is C26H19N3. The van der Waals surface area contributed by atoms with Gasteiger partial charge in [-0.25, -0.2) is 4.85 Å². The highest BCUT2D eigenvalue weighted by Crippen LogP contribution is 2.35. The predicted octanol–water partition coefficient (Wildman–Crippen LogP) is 7.10. The van der Waals surface area contributed by atoms with Crippen LogP contribution in [-0.4, -0.2) is 11.6 Å². The van der Waals surface area contributed by atoms with Crippen molar-refractivity contribution in [2.24, 2.45) is 0 Å². The molecule has 0 N–H and O–H groups in total. The molecule has 29 heavy (non-hydrogen) atoms. The summed E-state index contributed by atoms with van der Waals surface area (Å²) in [6.45, 7) is 7.13. The fourth-order valence-corrected chi connectivity index (χ4v) is 3.92. The van der Waals surface area contributed by atoms with E-state index in [1.165, 1.54) is 21.8 Å². The lowest BCUT2D eigenvalue weighted by Crippen LogP contribution is -2.08. The lowest BCUT2D eigenvalue weighted by atomic mass is 10.1. The molecule has 1 heterocycles. The number of anilines is 2. The zero-order valence-corrected chi connectivity index (χ0v) is 16.1. The van der Waals surface area contributed by atoms with E-state index in [4.69, 9.17) is 6.57 Å². The van der Waals surface area contributed by atoms with Crippen molar-refractivity contribution in [2.45, 2.75) is 0 Å². The van der Waals surface area contributed by atoms with E-state index in [2.05, 4.69) is 88.1 Å². The van der Waals surface area contributed by atoms with E-state index < -0.39 is 0 Å². The normalized spacial score (nSPS) is 10.9. The third kappa shape index (κ3) is 2.83. The summed E-state index contributed by atoms with van der Waals surface area (Å²) in [6.07, 6.45) is 0. The van der Waals surface area contributed by atoms with Gasteiger partial charge in [-0.05, 0) is 48.5 Å². The molecular weight excluding hydrogens is 354 g/mol. The predicted molar refractivity (Wildman–Crippen MR) is 122 cm³/mol. The molecule has 1 aromatic heterocycles. The highest BCUT2D eigenvalue weighted by atomic mass is 15.1. The molecule has 3 nitrogen and oxygen atoms in total. The Kier molecular flexibility index (Phi) is 4.04. The zero-order valence-electron chi connectivity index (χ0n) is 16.1. The van der Waals surface area contributed by atoms with Gasteiger partial charge in [-0.15, -0.1) is 0 Å². The Morgan fingerprint density at radius 3 is 2.10 bits per heavy atom. The van der Waals surface area contributed by atoms with Crippen molar-refractivity contribution in [3.63, 3.8) is 0 Å². The number of benzene rings is 4. The van der Waals surface area contributed by atoms with Crippen molar-refractivity contribution >= 4 is 38.9 Å². The molecule has 4 aromatic carbocycles. The SMILES string of the molecule is [C-]#[N+]c1ccc(N(C)c2ccc3c(c2)c2ccccc2n3-c2ccccc2)cc1.